The number of alkyl halides is 6. The first-order valence-electron chi connectivity index (χ1n) is 11.3. The van der Waals surface area contributed by atoms with E-state index in [0.29, 0.717) is 25.1 Å². The van der Waals surface area contributed by atoms with Crippen LogP contribution in [0.15, 0.2) is 53.7 Å². The third-order valence-electron chi connectivity index (χ3n) is 5.99. The first-order chi connectivity index (χ1) is 17.7. The van der Waals surface area contributed by atoms with Crippen LogP contribution in [0.4, 0.5) is 26.3 Å². The van der Waals surface area contributed by atoms with Gasteiger partial charge in [0.2, 0.25) is 10.0 Å². The highest BCUT2D eigenvalue weighted by molar-refractivity contribution is 7.89. The fourth-order valence-electron chi connectivity index (χ4n) is 4.43. The molecule has 206 valence electrons. The maximum Gasteiger partial charge on any atom is 0.573 e. The second kappa shape index (κ2) is 10.4. The summed E-state index contributed by atoms with van der Waals surface area (Å²) in [5.74, 6) is -0.836. The Morgan fingerprint density at radius 3 is 2.21 bits per heavy atom. The Labute approximate surface area is 213 Å². The van der Waals surface area contributed by atoms with Crippen molar-refractivity contribution in [2.75, 3.05) is 0 Å². The lowest BCUT2D eigenvalue weighted by molar-refractivity contribution is -0.276. The molecule has 0 saturated heterocycles. The summed E-state index contributed by atoms with van der Waals surface area (Å²) in [4.78, 5) is -0.724. The zero-order valence-corrected chi connectivity index (χ0v) is 20.6. The summed E-state index contributed by atoms with van der Waals surface area (Å²) in [5.41, 5.74) is 0.297. The predicted octanol–water partition coefficient (Wildman–Crippen LogP) is 5.51. The number of nitrogens with zero attached hydrogens (tertiary/aromatic N) is 3. The molecule has 0 radical (unpaired) electrons. The van der Waals surface area contributed by atoms with Crippen molar-refractivity contribution in [3.05, 3.63) is 54.6 Å². The van der Waals surface area contributed by atoms with Gasteiger partial charge in [-0.15, -0.1) is 36.5 Å². The van der Waals surface area contributed by atoms with E-state index in [1.54, 1.807) is 13.3 Å². The van der Waals surface area contributed by atoms with Gasteiger partial charge >= 0.3 is 12.7 Å². The number of hydrogen-bond acceptors (Lipinski definition) is 6. The molecule has 1 aliphatic carbocycles. The number of ether oxygens (including phenoxy) is 2. The van der Waals surface area contributed by atoms with E-state index in [4.69, 9.17) is 0 Å². The average Bonchev–Trinajstić information content (AvgIpc) is 3.23. The summed E-state index contributed by atoms with van der Waals surface area (Å²) in [5, 5.41) is 7.77. The zero-order chi connectivity index (χ0) is 27.7. The van der Waals surface area contributed by atoms with Crippen LogP contribution in [0.3, 0.4) is 0 Å². The Morgan fingerprint density at radius 2 is 1.61 bits per heavy atom. The summed E-state index contributed by atoms with van der Waals surface area (Å²) in [6.45, 7) is 1.76. The molecule has 0 unspecified atom stereocenters. The van der Waals surface area contributed by atoms with Gasteiger partial charge in [-0.05, 0) is 68.0 Å². The second-order valence-corrected chi connectivity index (χ2v) is 10.4. The smallest absolute Gasteiger partial charge is 0.406 e. The molecule has 1 N–H and O–H groups in total. The Kier molecular flexibility index (Phi) is 7.61. The van der Waals surface area contributed by atoms with Crippen molar-refractivity contribution in [3.63, 3.8) is 0 Å². The van der Waals surface area contributed by atoms with Crippen LogP contribution in [0, 0.1) is 6.92 Å². The van der Waals surface area contributed by atoms with Crippen molar-refractivity contribution in [3.8, 4) is 22.6 Å². The maximum atomic E-state index is 13.2. The molecule has 1 saturated carbocycles. The zero-order valence-electron chi connectivity index (χ0n) is 19.8. The molecular formula is C23H22F6N4O4S. The largest absolute Gasteiger partial charge is 0.573 e. The third kappa shape index (κ3) is 6.95. The van der Waals surface area contributed by atoms with Crippen LogP contribution in [0.1, 0.15) is 37.5 Å². The number of hydrogen-bond donors (Lipinski definition) is 1. The molecule has 3 aromatic rings. The fourth-order valence-corrected chi connectivity index (χ4v) is 5.82. The lowest BCUT2D eigenvalue weighted by atomic mass is 9.91. The Bertz CT molecular complexity index is 1370. The molecule has 1 aromatic heterocycles. The second-order valence-electron chi connectivity index (χ2n) is 8.71. The van der Waals surface area contributed by atoms with Gasteiger partial charge in [0.15, 0.2) is 0 Å². The minimum Gasteiger partial charge on any atom is -0.406 e. The summed E-state index contributed by atoms with van der Waals surface area (Å²) >= 11 is 0. The molecule has 0 amide bonds. The van der Waals surface area contributed by atoms with Gasteiger partial charge in [-0.1, -0.05) is 18.2 Å². The number of nitrogens with one attached hydrogen (secondary N) is 1. The first kappa shape index (κ1) is 27.7. The van der Waals surface area contributed by atoms with Gasteiger partial charge in [0.05, 0.1) is 0 Å². The van der Waals surface area contributed by atoms with E-state index >= 15 is 0 Å². The SMILES string of the molecule is Cc1nncn1[C@@H]1CCC[C@H](NS(=O)(=O)c2ccc(-c3ccc(OC(F)(F)F)cc3)cc2OC(F)(F)F)C1. The molecule has 15 heteroatoms. The standard InChI is InChI=1S/C23H22F6N4O4S/c1-14-31-30-13-33(14)18-4-2-3-17(12-18)32-38(34,35)21-10-7-16(11-20(21)37-23(27,28)29)15-5-8-19(9-6-15)36-22(24,25)26/h5-11,13,17-18,32H,2-4,12H2,1H3/t17-,18+/m0/s1. The van der Waals surface area contributed by atoms with Crippen LogP contribution in [0.5, 0.6) is 11.5 Å². The van der Waals surface area contributed by atoms with Crippen molar-refractivity contribution in [2.24, 2.45) is 0 Å². The van der Waals surface area contributed by atoms with Gasteiger partial charge in [0, 0.05) is 12.1 Å². The van der Waals surface area contributed by atoms with Crippen LogP contribution >= 0.6 is 0 Å². The number of aryl methyl sites for hydroxylation is 1. The molecule has 0 spiro atoms. The molecule has 1 aliphatic rings. The summed E-state index contributed by atoms with van der Waals surface area (Å²) in [6.07, 6.45) is -6.25. The van der Waals surface area contributed by atoms with Crippen molar-refractivity contribution >= 4 is 10.0 Å². The van der Waals surface area contributed by atoms with Gasteiger partial charge in [0.25, 0.3) is 0 Å². The summed E-state index contributed by atoms with van der Waals surface area (Å²) < 4.78 is 115. The highest BCUT2D eigenvalue weighted by atomic mass is 32.2. The Hall–Kier alpha value is -3.33. The molecule has 1 heterocycles. The number of rotatable bonds is 7. The minimum atomic E-state index is -5.20. The number of halogens is 6. The molecule has 1 fully saturated rings. The van der Waals surface area contributed by atoms with Gasteiger partial charge in [-0.25, -0.2) is 13.1 Å². The topological polar surface area (TPSA) is 95.3 Å². The van der Waals surface area contributed by atoms with E-state index < -0.39 is 45.2 Å². The summed E-state index contributed by atoms with van der Waals surface area (Å²) in [7, 11) is -4.45. The molecule has 2 atom stereocenters. The summed E-state index contributed by atoms with van der Waals surface area (Å²) in [6, 6.07) is 6.78. The molecule has 4 rings (SSSR count). The van der Waals surface area contributed by atoms with Gasteiger partial charge in [-0.3, -0.25) is 0 Å². The molecular weight excluding hydrogens is 542 g/mol. The van der Waals surface area contributed by atoms with E-state index in [-0.39, 0.29) is 17.2 Å². The Morgan fingerprint density at radius 1 is 0.947 bits per heavy atom. The van der Waals surface area contributed by atoms with Gasteiger partial charge in [0.1, 0.15) is 28.5 Å². The van der Waals surface area contributed by atoms with Crippen LogP contribution in [-0.2, 0) is 10.0 Å². The average molecular weight is 565 g/mol. The molecule has 0 bridgehead atoms. The lowest BCUT2D eigenvalue weighted by Gasteiger charge is -2.30. The van der Waals surface area contributed by atoms with Crippen LogP contribution < -0.4 is 14.2 Å². The lowest BCUT2D eigenvalue weighted by Crippen LogP contribution is -2.39. The van der Waals surface area contributed by atoms with Gasteiger partial charge < -0.3 is 14.0 Å². The van der Waals surface area contributed by atoms with Gasteiger partial charge in [-0.2, -0.15) is 0 Å². The maximum absolute atomic E-state index is 13.2. The fraction of sp³-hybridized carbons (Fsp3) is 0.391. The highest BCUT2D eigenvalue weighted by Crippen LogP contribution is 2.36. The first-order valence-corrected chi connectivity index (χ1v) is 12.8. The Balaban J connectivity index is 1.59. The highest BCUT2D eigenvalue weighted by Gasteiger charge is 2.36. The van der Waals surface area contributed by atoms with E-state index in [2.05, 4.69) is 24.4 Å². The van der Waals surface area contributed by atoms with Crippen molar-refractivity contribution in [1.29, 1.82) is 0 Å². The van der Waals surface area contributed by atoms with Crippen LogP contribution in [0.2, 0.25) is 0 Å². The van der Waals surface area contributed by atoms with E-state index in [9.17, 15) is 34.8 Å². The van der Waals surface area contributed by atoms with Crippen molar-refractivity contribution in [1.82, 2.24) is 19.5 Å². The normalized spacial score (nSPS) is 18.8. The van der Waals surface area contributed by atoms with Crippen LogP contribution in [0.25, 0.3) is 11.1 Å². The monoisotopic (exact) mass is 564 g/mol. The number of aromatic nitrogens is 3. The van der Waals surface area contributed by atoms with Crippen molar-refractivity contribution in [2.45, 2.75) is 62.3 Å². The molecule has 2 aromatic carbocycles. The molecule has 8 nitrogen and oxygen atoms in total. The molecule has 0 aliphatic heterocycles. The minimum absolute atomic E-state index is 0.0796. The number of sulfonamides is 1. The van der Waals surface area contributed by atoms with E-state index in [1.807, 2.05) is 4.57 Å². The molecule has 38 heavy (non-hydrogen) atoms. The van der Waals surface area contributed by atoms with Crippen molar-refractivity contribution < 1.29 is 44.2 Å². The van der Waals surface area contributed by atoms with E-state index in [0.717, 1.165) is 30.7 Å². The van der Waals surface area contributed by atoms with Crippen LogP contribution in [-0.4, -0.2) is 41.9 Å². The quantitative estimate of drug-likeness (QED) is 0.380. The number of benzene rings is 2. The van der Waals surface area contributed by atoms with E-state index in [1.165, 1.54) is 18.2 Å². The third-order valence-corrected chi connectivity index (χ3v) is 7.55. The predicted molar refractivity (Wildman–Crippen MR) is 122 cm³/mol.